The summed E-state index contributed by atoms with van der Waals surface area (Å²) < 4.78 is 0. The second-order valence-electron chi connectivity index (χ2n) is 6.13. The first-order valence-electron chi connectivity index (χ1n) is 9.00. The number of nitrogens with one attached hydrogen (secondary N) is 1. The molecule has 0 aliphatic carbocycles. The Morgan fingerprint density at radius 1 is 1.00 bits per heavy atom. The maximum Gasteiger partial charge on any atom is 0.234 e. The van der Waals surface area contributed by atoms with Crippen molar-refractivity contribution in [2.24, 2.45) is 0 Å². The Hall–Kier alpha value is -2.73. The van der Waals surface area contributed by atoms with E-state index < -0.39 is 0 Å². The van der Waals surface area contributed by atoms with Gasteiger partial charge in [-0.15, -0.1) is 10.2 Å². The van der Waals surface area contributed by atoms with Gasteiger partial charge in [-0.25, -0.2) is 0 Å². The third-order valence-corrected chi connectivity index (χ3v) is 4.94. The van der Waals surface area contributed by atoms with Gasteiger partial charge >= 0.3 is 0 Å². The predicted molar refractivity (Wildman–Crippen MR) is 110 cm³/mol. The van der Waals surface area contributed by atoms with Crippen LogP contribution < -0.4 is 5.32 Å². The van der Waals surface area contributed by atoms with Gasteiger partial charge in [-0.05, 0) is 54.8 Å². The van der Waals surface area contributed by atoms with Gasteiger partial charge in [-0.2, -0.15) is 0 Å². The van der Waals surface area contributed by atoms with E-state index in [0.29, 0.717) is 5.75 Å². The van der Waals surface area contributed by atoms with E-state index in [4.69, 9.17) is 0 Å². The molecule has 0 unspecified atom stereocenters. The van der Waals surface area contributed by atoms with Crippen molar-refractivity contribution < 1.29 is 4.79 Å². The lowest BCUT2D eigenvalue weighted by molar-refractivity contribution is -0.113. The Balaban J connectivity index is 1.49. The lowest BCUT2D eigenvalue weighted by Gasteiger charge is -2.06. The zero-order chi connectivity index (χ0) is 18.9. The molecule has 3 rings (SSSR count). The van der Waals surface area contributed by atoms with Gasteiger partial charge in [0.05, 0.1) is 11.4 Å². The van der Waals surface area contributed by atoms with Gasteiger partial charge in [0.2, 0.25) is 5.91 Å². The number of rotatable bonds is 8. The number of nitrogens with zero attached hydrogens (tertiary/aromatic N) is 3. The molecule has 2 aromatic heterocycles. The summed E-state index contributed by atoms with van der Waals surface area (Å²) in [6.45, 7) is 2.18. The minimum atomic E-state index is -0.0543. The summed E-state index contributed by atoms with van der Waals surface area (Å²) >= 11 is 1.37. The van der Waals surface area contributed by atoms with Crippen molar-refractivity contribution in [3.05, 3.63) is 66.5 Å². The van der Waals surface area contributed by atoms with E-state index in [1.54, 1.807) is 12.4 Å². The zero-order valence-corrected chi connectivity index (χ0v) is 16.1. The van der Waals surface area contributed by atoms with E-state index in [-0.39, 0.29) is 5.91 Å². The van der Waals surface area contributed by atoms with Crippen LogP contribution >= 0.6 is 11.8 Å². The Labute approximate surface area is 163 Å². The highest BCUT2D eigenvalue weighted by Gasteiger charge is 2.06. The number of unbranched alkanes of at least 4 members (excludes halogenated alkanes) is 1. The molecule has 0 aliphatic heterocycles. The van der Waals surface area contributed by atoms with E-state index in [1.807, 2.05) is 36.4 Å². The molecule has 6 heteroatoms. The zero-order valence-electron chi connectivity index (χ0n) is 15.3. The van der Waals surface area contributed by atoms with Crippen molar-refractivity contribution in [2.75, 3.05) is 11.1 Å². The van der Waals surface area contributed by atoms with Crippen molar-refractivity contribution in [1.82, 2.24) is 15.2 Å². The maximum atomic E-state index is 12.1. The standard InChI is InChI=1S/C21H22N4OS/c1-2-3-4-16-5-7-18(8-6-16)23-20(26)15-27-21-10-9-19(24-25-21)17-11-13-22-14-12-17/h5-14H,2-4,15H2,1H3,(H,23,26). The number of carbonyl (C=O) groups is 1. The van der Waals surface area contributed by atoms with Crippen molar-refractivity contribution >= 4 is 23.4 Å². The third kappa shape index (κ3) is 5.89. The summed E-state index contributed by atoms with van der Waals surface area (Å²) in [7, 11) is 0. The third-order valence-electron chi connectivity index (χ3n) is 4.02. The van der Waals surface area contributed by atoms with Crippen LogP contribution in [-0.2, 0) is 11.2 Å². The molecule has 0 atom stereocenters. The first-order valence-corrected chi connectivity index (χ1v) is 9.99. The summed E-state index contributed by atoms with van der Waals surface area (Å²) in [5, 5.41) is 12.0. The summed E-state index contributed by atoms with van der Waals surface area (Å²) in [5.41, 5.74) is 3.87. The molecule has 0 fully saturated rings. The fourth-order valence-electron chi connectivity index (χ4n) is 2.55. The number of benzene rings is 1. The summed E-state index contributed by atoms with van der Waals surface area (Å²) in [6.07, 6.45) is 6.89. The number of aryl methyl sites for hydroxylation is 1. The highest BCUT2D eigenvalue weighted by Crippen LogP contribution is 2.19. The average molecular weight is 379 g/mol. The van der Waals surface area contributed by atoms with E-state index in [9.17, 15) is 4.79 Å². The minimum Gasteiger partial charge on any atom is -0.325 e. The topological polar surface area (TPSA) is 67.8 Å². The second-order valence-corrected chi connectivity index (χ2v) is 7.13. The number of aromatic nitrogens is 3. The molecule has 1 amide bonds. The molecule has 3 aromatic rings. The minimum absolute atomic E-state index is 0.0543. The smallest absolute Gasteiger partial charge is 0.234 e. The number of anilines is 1. The van der Waals surface area contributed by atoms with Gasteiger partial charge in [0.1, 0.15) is 5.03 Å². The number of pyridine rings is 1. The molecule has 0 radical (unpaired) electrons. The maximum absolute atomic E-state index is 12.1. The average Bonchev–Trinajstić information content (AvgIpc) is 2.73. The first-order chi connectivity index (χ1) is 13.2. The number of hydrogen-bond donors (Lipinski definition) is 1. The molecule has 27 heavy (non-hydrogen) atoms. The highest BCUT2D eigenvalue weighted by molar-refractivity contribution is 7.99. The Morgan fingerprint density at radius 3 is 2.44 bits per heavy atom. The largest absolute Gasteiger partial charge is 0.325 e. The summed E-state index contributed by atoms with van der Waals surface area (Å²) in [5.74, 6) is 0.238. The molecule has 0 spiro atoms. The normalized spacial score (nSPS) is 10.6. The number of amides is 1. The molecule has 1 aromatic carbocycles. The summed E-state index contributed by atoms with van der Waals surface area (Å²) in [6, 6.07) is 15.6. The predicted octanol–water partition coefficient (Wildman–Crippen LogP) is 4.61. The lowest BCUT2D eigenvalue weighted by atomic mass is 10.1. The van der Waals surface area contributed by atoms with E-state index in [2.05, 4.69) is 39.6 Å². The van der Waals surface area contributed by atoms with Crippen molar-refractivity contribution in [3.63, 3.8) is 0 Å². The van der Waals surface area contributed by atoms with Crippen molar-refractivity contribution in [3.8, 4) is 11.3 Å². The Bertz CT molecular complexity index is 852. The van der Waals surface area contributed by atoms with Gasteiger partial charge in [0.15, 0.2) is 0 Å². The quantitative estimate of drug-likeness (QED) is 0.580. The van der Waals surface area contributed by atoms with E-state index in [1.165, 1.54) is 30.2 Å². The van der Waals surface area contributed by atoms with Crippen LogP contribution in [0.25, 0.3) is 11.3 Å². The van der Waals surface area contributed by atoms with Gasteiger partial charge in [0, 0.05) is 23.6 Å². The molecular formula is C21H22N4OS. The second kappa shape index (κ2) is 9.83. The van der Waals surface area contributed by atoms with Crippen LogP contribution in [0.1, 0.15) is 25.3 Å². The Morgan fingerprint density at radius 2 is 1.78 bits per heavy atom. The molecule has 2 heterocycles. The molecule has 1 N–H and O–H groups in total. The van der Waals surface area contributed by atoms with Crippen LogP contribution in [0.2, 0.25) is 0 Å². The molecule has 138 valence electrons. The van der Waals surface area contributed by atoms with Crippen LogP contribution in [0.15, 0.2) is 66.0 Å². The fourth-order valence-corrected chi connectivity index (χ4v) is 3.16. The van der Waals surface area contributed by atoms with Crippen LogP contribution in [0, 0.1) is 0 Å². The monoisotopic (exact) mass is 378 g/mol. The fraction of sp³-hybridized carbons (Fsp3) is 0.238. The van der Waals surface area contributed by atoms with Crippen molar-refractivity contribution in [1.29, 1.82) is 0 Å². The van der Waals surface area contributed by atoms with Gasteiger partial charge < -0.3 is 5.32 Å². The summed E-state index contributed by atoms with van der Waals surface area (Å²) in [4.78, 5) is 16.1. The molecule has 0 saturated carbocycles. The van der Waals surface area contributed by atoms with Gasteiger partial charge in [-0.3, -0.25) is 9.78 Å². The van der Waals surface area contributed by atoms with Gasteiger partial charge in [0.25, 0.3) is 0 Å². The number of hydrogen-bond acceptors (Lipinski definition) is 5. The first kappa shape index (κ1) is 19.0. The van der Waals surface area contributed by atoms with Crippen LogP contribution in [0.4, 0.5) is 5.69 Å². The molecule has 0 aliphatic rings. The molecule has 5 nitrogen and oxygen atoms in total. The van der Waals surface area contributed by atoms with Crippen LogP contribution in [-0.4, -0.2) is 26.8 Å². The highest BCUT2D eigenvalue weighted by atomic mass is 32.2. The number of thioether (sulfide) groups is 1. The number of carbonyl (C=O) groups excluding carboxylic acids is 1. The van der Waals surface area contributed by atoms with E-state index in [0.717, 1.165) is 28.4 Å². The molecular weight excluding hydrogens is 356 g/mol. The van der Waals surface area contributed by atoms with Crippen molar-refractivity contribution in [2.45, 2.75) is 31.2 Å². The van der Waals surface area contributed by atoms with E-state index >= 15 is 0 Å². The van der Waals surface area contributed by atoms with Crippen LogP contribution in [0.5, 0.6) is 0 Å². The molecule has 0 bridgehead atoms. The SMILES string of the molecule is CCCCc1ccc(NC(=O)CSc2ccc(-c3ccncc3)nn2)cc1. The Kier molecular flexibility index (Phi) is 6.93. The van der Waals surface area contributed by atoms with Crippen LogP contribution in [0.3, 0.4) is 0 Å². The van der Waals surface area contributed by atoms with Gasteiger partial charge in [-0.1, -0.05) is 37.2 Å². The lowest BCUT2D eigenvalue weighted by Crippen LogP contribution is -2.14. The molecule has 0 saturated heterocycles.